The summed E-state index contributed by atoms with van der Waals surface area (Å²) in [5.74, 6) is 0.823. The van der Waals surface area contributed by atoms with E-state index in [1.54, 1.807) is 19.5 Å². The lowest BCUT2D eigenvalue weighted by Crippen LogP contribution is -1.97. The van der Waals surface area contributed by atoms with Gasteiger partial charge in [0.15, 0.2) is 5.16 Å². The second-order valence-corrected chi connectivity index (χ2v) is 5.51. The van der Waals surface area contributed by atoms with Gasteiger partial charge in [0.2, 0.25) is 0 Å². The molecule has 6 heteroatoms. The van der Waals surface area contributed by atoms with Crippen LogP contribution in [-0.4, -0.2) is 26.8 Å². The van der Waals surface area contributed by atoms with Gasteiger partial charge in [-0.1, -0.05) is 0 Å². The molecule has 0 radical (unpaired) electrons. The third-order valence-electron chi connectivity index (χ3n) is 3.33. The first-order valence-electron chi connectivity index (χ1n) is 6.45. The maximum Gasteiger partial charge on any atom is 0.174 e. The lowest BCUT2D eigenvalue weighted by molar-refractivity contribution is 0.271. The summed E-state index contributed by atoms with van der Waals surface area (Å²) < 4.78 is 7.12. The summed E-state index contributed by atoms with van der Waals surface area (Å²) in [6.07, 6.45) is 3.45. The van der Waals surface area contributed by atoms with Gasteiger partial charge in [-0.2, -0.15) is 0 Å². The summed E-state index contributed by atoms with van der Waals surface area (Å²) in [6, 6.07) is 7.86. The number of methoxy groups -OCH3 is 1. The third-order valence-corrected chi connectivity index (χ3v) is 4.41. The van der Waals surface area contributed by atoms with E-state index in [0.717, 1.165) is 32.4 Å². The Balaban J connectivity index is 2.02. The van der Waals surface area contributed by atoms with E-state index < -0.39 is 0 Å². The molecule has 5 nitrogen and oxygen atoms in total. The molecule has 0 saturated carbocycles. The van der Waals surface area contributed by atoms with Crippen molar-refractivity contribution in [3.05, 3.63) is 42.4 Å². The monoisotopic (exact) mass is 301 g/mol. The number of aromatic nitrogens is 3. The number of hydrogen-bond donors (Lipinski definition) is 1. The van der Waals surface area contributed by atoms with Gasteiger partial charge in [-0.3, -0.25) is 0 Å². The fourth-order valence-electron chi connectivity index (χ4n) is 2.09. The number of hydrogen-bond acceptors (Lipinski definition) is 5. The minimum atomic E-state index is -0.0236. The van der Waals surface area contributed by atoms with Gasteiger partial charge < -0.3 is 14.4 Å². The summed E-state index contributed by atoms with van der Waals surface area (Å²) in [5.41, 5.74) is 0.777. The number of aliphatic hydroxyl groups excluding tert-OH is 1. The summed E-state index contributed by atoms with van der Waals surface area (Å²) in [5, 5.41) is 13.0. The smallest absolute Gasteiger partial charge is 0.174 e. The zero-order chi connectivity index (χ0) is 14.8. The predicted octanol–water partition coefficient (Wildman–Crippen LogP) is 2.62. The minimum Gasteiger partial charge on any atom is -0.497 e. The maximum atomic E-state index is 9.23. The van der Waals surface area contributed by atoms with Crippen LogP contribution in [0.25, 0.3) is 10.8 Å². The number of nitrogens with zero attached hydrogens (tertiary/aromatic N) is 3. The molecule has 3 rings (SSSR count). The average Bonchev–Trinajstić information content (AvgIpc) is 2.87. The second-order valence-electron chi connectivity index (χ2n) is 4.55. The second kappa shape index (κ2) is 5.75. The SMILES string of the molecule is COc1ccc2c(Sc3ncc(CO)n3C)nccc2c1. The Hall–Kier alpha value is -2.05. The Morgan fingerprint density at radius 1 is 1.29 bits per heavy atom. The molecule has 0 spiro atoms. The molecule has 0 fully saturated rings. The van der Waals surface area contributed by atoms with Crippen molar-refractivity contribution in [1.29, 1.82) is 0 Å². The first-order chi connectivity index (χ1) is 10.2. The minimum absolute atomic E-state index is 0.0236. The number of benzene rings is 1. The average molecular weight is 301 g/mol. The van der Waals surface area contributed by atoms with Crippen LogP contribution in [0.5, 0.6) is 5.75 Å². The van der Waals surface area contributed by atoms with Crippen LogP contribution < -0.4 is 4.74 Å². The zero-order valence-electron chi connectivity index (χ0n) is 11.8. The molecule has 0 saturated heterocycles. The van der Waals surface area contributed by atoms with E-state index >= 15 is 0 Å². The maximum absolute atomic E-state index is 9.23. The highest BCUT2D eigenvalue weighted by atomic mass is 32.2. The van der Waals surface area contributed by atoms with Gasteiger partial charge in [-0.15, -0.1) is 0 Å². The first-order valence-corrected chi connectivity index (χ1v) is 7.26. The molecule has 108 valence electrons. The summed E-state index contributed by atoms with van der Waals surface area (Å²) in [4.78, 5) is 8.76. The molecule has 0 atom stereocenters. The number of aliphatic hydroxyl groups is 1. The van der Waals surface area contributed by atoms with Crippen LogP contribution in [0.15, 0.2) is 46.8 Å². The molecule has 0 bridgehead atoms. The number of imidazole rings is 1. The van der Waals surface area contributed by atoms with Gasteiger partial charge in [-0.25, -0.2) is 9.97 Å². The lowest BCUT2D eigenvalue weighted by atomic mass is 10.2. The number of pyridine rings is 1. The lowest BCUT2D eigenvalue weighted by Gasteiger charge is -2.07. The molecule has 1 aromatic carbocycles. The highest BCUT2D eigenvalue weighted by Crippen LogP contribution is 2.32. The highest BCUT2D eigenvalue weighted by molar-refractivity contribution is 7.99. The fourth-order valence-corrected chi connectivity index (χ4v) is 3.03. The van der Waals surface area contributed by atoms with Gasteiger partial charge in [0, 0.05) is 18.6 Å². The molecule has 0 unspecified atom stereocenters. The molecule has 21 heavy (non-hydrogen) atoms. The van der Waals surface area contributed by atoms with Crippen LogP contribution in [0.4, 0.5) is 0 Å². The molecule has 2 aromatic heterocycles. The van der Waals surface area contributed by atoms with Crippen LogP contribution in [0.2, 0.25) is 0 Å². The molecule has 3 aromatic rings. The Morgan fingerprint density at radius 3 is 2.86 bits per heavy atom. The van der Waals surface area contributed by atoms with E-state index in [2.05, 4.69) is 9.97 Å². The van der Waals surface area contributed by atoms with E-state index in [1.807, 2.05) is 35.9 Å². The normalized spacial score (nSPS) is 11.0. The van der Waals surface area contributed by atoms with E-state index in [-0.39, 0.29) is 6.61 Å². The molecular weight excluding hydrogens is 286 g/mol. The molecule has 0 amide bonds. The predicted molar refractivity (Wildman–Crippen MR) is 81.5 cm³/mol. The van der Waals surface area contributed by atoms with Gasteiger partial charge in [0.25, 0.3) is 0 Å². The van der Waals surface area contributed by atoms with Crippen molar-refractivity contribution in [1.82, 2.24) is 14.5 Å². The number of rotatable bonds is 4. The molecule has 0 aliphatic heterocycles. The third kappa shape index (κ3) is 2.59. The van der Waals surface area contributed by atoms with Crippen LogP contribution >= 0.6 is 11.8 Å². The van der Waals surface area contributed by atoms with Crippen molar-refractivity contribution < 1.29 is 9.84 Å². The highest BCUT2D eigenvalue weighted by Gasteiger charge is 2.11. The van der Waals surface area contributed by atoms with Crippen LogP contribution in [-0.2, 0) is 13.7 Å². The van der Waals surface area contributed by atoms with Gasteiger partial charge >= 0.3 is 0 Å². The van der Waals surface area contributed by atoms with E-state index in [9.17, 15) is 5.11 Å². The van der Waals surface area contributed by atoms with Crippen molar-refractivity contribution in [2.45, 2.75) is 16.8 Å². The first kappa shape index (κ1) is 13.9. The fraction of sp³-hybridized carbons (Fsp3) is 0.200. The van der Waals surface area contributed by atoms with Gasteiger partial charge in [-0.05, 0) is 41.4 Å². The van der Waals surface area contributed by atoms with Crippen LogP contribution in [0.3, 0.4) is 0 Å². The summed E-state index contributed by atoms with van der Waals surface area (Å²) >= 11 is 1.48. The molecule has 0 aliphatic carbocycles. The quantitative estimate of drug-likeness (QED) is 0.802. The van der Waals surface area contributed by atoms with Crippen molar-refractivity contribution in [2.24, 2.45) is 7.05 Å². The van der Waals surface area contributed by atoms with Crippen molar-refractivity contribution in [3.8, 4) is 5.75 Å². The van der Waals surface area contributed by atoms with Crippen molar-refractivity contribution in [2.75, 3.05) is 7.11 Å². The summed E-state index contributed by atoms with van der Waals surface area (Å²) in [6.45, 7) is -0.0236. The molecule has 2 heterocycles. The van der Waals surface area contributed by atoms with Crippen LogP contribution in [0, 0.1) is 0 Å². The van der Waals surface area contributed by atoms with E-state index in [4.69, 9.17) is 4.74 Å². The molecular formula is C15H15N3O2S. The Bertz CT molecular complexity index is 786. The largest absolute Gasteiger partial charge is 0.497 e. The van der Waals surface area contributed by atoms with Crippen molar-refractivity contribution >= 4 is 22.5 Å². The van der Waals surface area contributed by atoms with Crippen LogP contribution in [0.1, 0.15) is 5.69 Å². The Morgan fingerprint density at radius 2 is 2.14 bits per heavy atom. The van der Waals surface area contributed by atoms with Crippen molar-refractivity contribution in [3.63, 3.8) is 0 Å². The Kier molecular flexibility index (Phi) is 3.81. The Labute approximate surface area is 126 Å². The molecule has 1 N–H and O–H groups in total. The van der Waals surface area contributed by atoms with Gasteiger partial charge in [0.1, 0.15) is 10.8 Å². The van der Waals surface area contributed by atoms with E-state index in [1.165, 1.54) is 11.8 Å². The summed E-state index contributed by atoms with van der Waals surface area (Å²) in [7, 11) is 3.54. The number of fused-ring (bicyclic) bond motifs is 1. The topological polar surface area (TPSA) is 60.2 Å². The number of ether oxygens (including phenoxy) is 1. The molecule has 0 aliphatic rings. The zero-order valence-corrected chi connectivity index (χ0v) is 12.6. The van der Waals surface area contributed by atoms with Gasteiger partial charge in [0.05, 0.1) is 25.6 Å². The van der Waals surface area contributed by atoms with E-state index in [0.29, 0.717) is 0 Å². The standard InChI is InChI=1S/C15H15N3O2S/c1-18-11(9-19)8-17-15(18)21-14-13-4-3-12(20-2)7-10(13)5-6-16-14/h3-8,19H,9H2,1-2H3.